The van der Waals surface area contributed by atoms with Gasteiger partial charge >= 0.3 is 11.9 Å². The van der Waals surface area contributed by atoms with Gasteiger partial charge in [0.15, 0.2) is 0 Å². The number of carbonyl (C=O) groups is 4. The number of phenolic OH excluding ortho intramolecular Hbond substituents is 1. The lowest BCUT2D eigenvalue weighted by Crippen LogP contribution is -2.55. The Hall–Kier alpha value is -5.57. The summed E-state index contributed by atoms with van der Waals surface area (Å²) < 4.78 is 18.9. The highest BCUT2D eigenvalue weighted by atomic mass is 16.7. The minimum absolute atomic E-state index is 0.00287. The molecule has 0 aromatic heterocycles. The number of carbonyl (C=O) groups excluding carboxylic acids is 4. The van der Waals surface area contributed by atoms with Gasteiger partial charge in [0.2, 0.25) is 5.78 Å². The fraction of sp³-hybridized carbons (Fsp3) is 0.537. The van der Waals surface area contributed by atoms with Gasteiger partial charge in [0.1, 0.15) is 34.3 Å². The molecule has 2 aromatic rings. The van der Waals surface area contributed by atoms with E-state index in [9.17, 15) is 24.9 Å². The van der Waals surface area contributed by atoms with Gasteiger partial charge in [-0.3, -0.25) is 19.4 Å². The molecule has 6 aliphatic rings. The van der Waals surface area contributed by atoms with E-state index in [2.05, 4.69) is 44.8 Å². The SMILES string of the molecule is C/C1=C/C=C/[C@H](C)[C@H](O)[C@@H](C)[C@@H](O)[C@@H](C)[C@H](C)[C@H](C)[C@@H](C)/C(C)=C/O[C@@]2(C)Oc3c(C)c(O)c4c(c3C2=O)C2=NC3(CCN(CC(C)C)CC3)N(C(=O)Oc3ccc(C)cc3)C2=C(NC1=O)C4=O. The van der Waals surface area contributed by atoms with Crippen molar-refractivity contribution in [3.63, 3.8) is 0 Å². The summed E-state index contributed by atoms with van der Waals surface area (Å²) in [6, 6.07) is 6.95. The van der Waals surface area contributed by atoms with Crippen LogP contribution in [-0.2, 0) is 9.53 Å². The van der Waals surface area contributed by atoms with Crippen molar-refractivity contribution in [1.29, 1.82) is 0 Å². The molecule has 5 bridgehead atoms. The molecule has 2 aromatic carbocycles. The van der Waals surface area contributed by atoms with E-state index in [0.717, 1.165) is 17.7 Å². The number of piperidine rings is 1. The van der Waals surface area contributed by atoms with Crippen LogP contribution in [0.1, 0.15) is 126 Å². The number of phenols is 1. The van der Waals surface area contributed by atoms with Crippen LogP contribution < -0.4 is 14.8 Å². The number of rotatable bonds is 3. The second-order valence-electron chi connectivity index (χ2n) is 20.7. The summed E-state index contributed by atoms with van der Waals surface area (Å²) in [5.41, 5.74) is 0.0182. The molecule has 68 heavy (non-hydrogen) atoms. The van der Waals surface area contributed by atoms with Gasteiger partial charge in [-0.25, -0.2) is 9.69 Å². The third kappa shape index (κ3) is 8.95. The fourth-order valence-electron chi connectivity index (χ4n) is 10.4. The van der Waals surface area contributed by atoms with Crippen LogP contribution in [0.25, 0.3) is 0 Å². The molecule has 0 radical (unpaired) electrons. The number of aromatic hydroxyl groups is 1. The molecule has 0 unspecified atom stereocenters. The number of ketones is 2. The van der Waals surface area contributed by atoms with Gasteiger partial charge in [0, 0.05) is 67.9 Å². The zero-order valence-electron chi connectivity index (χ0n) is 41.9. The van der Waals surface area contributed by atoms with Crippen molar-refractivity contribution in [3.8, 4) is 17.2 Å². The van der Waals surface area contributed by atoms with Crippen LogP contribution in [0.3, 0.4) is 0 Å². The summed E-state index contributed by atoms with van der Waals surface area (Å²) in [7, 11) is 0. The first-order valence-electron chi connectivity index (χ1n) is 24.1. The summed E-state index contributed by atoms with van der Waals surface area (Å²) in [5.74, 6) is -5.14. The van der Waals surface area contributed by atoms with Gasteiger partial charge in [0.25, 0.3) is 11.7 Å². The number of Topliss-reactive ketones (excluding diaryl/α,β-unsaturated/α-hetero) is 2. The number of ether oxygens (including phenoxy) is 3. The number of aliphatic hydroxyl groups is 2. The van der Waals surface area contributed by atoms with E-state index < -0.39 is 64.8 Å². The van der Waals surface area contributed by atoms with Crippen molar-refractivity contribution in [1.82, 2.24) is 15.1 Å². The topological polar surface area (TPSA) is 188 Å². The molecule has 5 heterocycles. The van der Waals surface area contributed by atoms with Crippen LogP contribution in [0.4, 0.5) is 4.79 Å². The van der Waals surface area contributed by atoms with Crippen LogP contribution in [0.2, 0.25) is 0 Å². The number of hydrogen-bond acceptors (Lipinski definition) is 12. The van der Waals surface area contributed by atoms with Gasteiger partial charge in [-0.1, -0.05) is 91.3 Å². The van der Waals surface area contributed by atoms with Crippen molar-refractivity contribution in [2.75, 3.05) is 19.6 Å². The van der Waals surface area contributed by atoms with Gasteiger partial charge in [-0.15, -0.1) is 0 Å². The summed E-state index contributed by atoms with van der Waals surface area (Å²) in [6.45, 7) is 26.4. The number of aliphatic imine (C=N–C) groups is 1. The fourth-order valence-corrected chi connectivity index (χ4v) is 10.4. The summed E-state index contributed by atoms with van der Waals surface area (Å²) in [5, 5.41) is 38.0. The molecule has 366 valence electrons. The standard InChI is InChI=1S/C54H70N4O10/c1-27(2)25-57-23-21-54(22-24-57)56-42-39-40-47(61)37(12)49-41(39)50(63)53(13,68-49)66-26-31(6)32(7)33(8)34(9)35(10)46(60)36(11)45(59)29(4)15-14-16-30(5)51(64)55-43(48(40)62)44(42)58(54)52(65)67-38-19-17-28(3)18-20-38/h14-20,26-27,29,32-36,45-46,59-61H,21-25H2,1-13H3,(H,55,64)/b15-14+,30-16-,31-26+/t29-,32-,33+,34+,35-,36+,45-,46-,53-/m0/s1. The number of aliphatic hydroxyl groups excluding tert-OH is 2. The normalized spacial score (nSPS) is 32.1. The smallest absolute Gasteiger partial charge is 0.421 e. The highest BCUT2D eigenvalue weighted by molar-refractivity contribution is 6.35. The van der Waals surface area contributed by atoms with Crippen molar-refractivity contribution >= 4 is 29.3 Å². The molecule has 14 heteroatoms. The van der Waals surface area contributed by atoms with E-state index in [1.54, 1.807) is 37.3 Å². The number of nitrogens with zero attached hydrogens (tertiary/aromatic N) is 3. The van der Waals surface area contributed by atoms with E-state index in [1.807, 2.05) is 46.8 Å². The Morgan fingerprint density at radius 1 is 0.897 bits per heavy atom. The van der Waals surface area contributed by atoms with E-state index in [-0.39, 0.29) is 80.1 Å². The van der Waals surface area contributed by atoms with E-state index in [0.29, 0.717) is 31.8 Å². The zero-order chi connectivity index (χ0) is 49.9. The minimum Gasteiger partial charge on any atom is -0.507 e. The van der Waals surface area contributed by atoms with Crippen molar-refractivity contribution < 1.29 is 48.7 Å². The lowest BCUT2D eigenvalue weighted by Gasteiger charge is -2.43. The third-order valence-corrected chi connectivity index (χ3v) is 15.5. The predicted octanol–water partition coefficient (Wildman–Crippen LogP) is 8.55. The number of fused-ring (bicyclic) bond motifs is 13. The molecule has 1 aliphatic carbocycles. The monoisotopic (exact) mass is 935 g/mol. The van der Waals surface area contributed by atoms with Crippen LogP contribution in [-0.4, -0.2) is 97.7 Å². The van der Waals surface area contributed by atoms with Gasteiger partial charge in [-0.05, 0) is 75.0 Å². The Morgan fingerprint density at radius 3 is 2.18 bits per heavy atom. The van der Waals surface area contributed by atoms with E-state index >= 15 is 9.59 Å². The molecule has 5 aliphatic heterocycles. The van der Waals surface area contributed by atoms with E-state index in [1.165, 1.54) is 25.0 Å². The van der Waals surface area contributed by atoms with Gasteiger partial charge in [-0.2, -0.15) is 0 Å². The third-order valence-electron chi connectivity index (χ3n) is 15.5. The van der Waals surface area contributed by atoms with Crippen LogP contribution >= 0.6 is 0 Å². The Bertz CT molecular complexity index is 2530. The second kappa shape index (κ2) is 19.1. The molecule has 0 saturated carbocycles. The Morgan fingerprint density at radius 2 is 1.54 bits per heavy atom. The quantitative estimate of drug-likeness (QED) is 0.231. The maximum Gasteiger partial charge on any atom is 0.421 e. The van der Waals surface area contributed by atoms with E-state index in [4.69, 9.17) is 19.2 Å². The Balaban J connectivity index is 1.44. The molecular weight excluding hydrogens is 865 g/mol. The molecule has 4 N–H and O–H groups in total. The average molecular weight is 935 g/mol. The van der Waals surface area contributed by atoms with Crippen LogP contribution in [0.15, 0.2) is 76.3 Å². The number of aryl methyl sites for hydroxylation is 1. The molecule has 8 rings (SSSR count). The van der Waals surface area contributed by atoms with Crippen molar-refractivity contribution in [2.24, 2.45) is 46.4 Å². The minimum atomic E-state index is -1.95. The first-order valence-corrected chi connectivity index (χ1v) is 24.1. The first kappa shape index (κ1) is 50.3. The maximum atomic E-state index is 15.3. The van der Waals surface area contributed by atoms with Crippen LogP contribution in [0.5, 0.6) is 17.2 Å². The molecule has 14 nitrogen and oxygen atoms in total. The summed E-state index contributed by atoms with van der Waals surface area (Å²) >= 11 is 0. The molecule has 1 saturated heterocycles. The molecular formula is C54H70N4O10. The van der Waals surface area contributed by atoms with Crippen LogP contribution in [0, 0.1) is 55.3 Å². The van der Waals surface area contributed by atoms with Gasteiger partial charge < -0.3 is 39.7 Å². The second-order valence-corrected chi connectivity index (χ2v) is 20.7. The summed E-state index contributed by atoms with van der Waals surface area (Å²) in [6.07, 6.45) is 4.49. The number of allylic oxidation sites excluding steroid dienone is 5. The number of hydrogen-bond donors (Lipinski definition) is 4. The molecule has 9 atom stereocenters. The molecule has 1 fully saturated rings. The average Bonchev–Trinajstić information content (AvgIpc) is 3.77. The zero-order valence-corrected chi connectivity index (χ0v) is 41.9. The lowest BCUT2D eigenvalue weighted by atomic mass is 9.71. The highest BCUT2D eigenvalue weighted by Gasteiger charge is 2.58. The first-order chi connectivity index (χ1) is 31.9. The number of likely N-dealkylation sites (tertiary alicyclic amines) is 1. The number of benzene rings is 2. The molecule has 1 spiro atoms. The number of nitrogens with one attached hydrogen (secondary N) is 1. The van der Waals surface area contributed by atoms with Crippen molar-refractivity contribution in [2.45, 2.75) is 127 Å². The predicted molar refractivity (Wildman–Crippen MR) is 259 cm³/mol. The van der Waals surface area contributed by atoms with Gasteiger partial charge in [0.05, 0.1) is 35.3 Å². The largest absolute Gasteiger partial charge is 0.507 e. The lowest BCUT2D eigenvalue weighted by molar-refractivity contribution is -0.116. The van der Waals surface area contributed by atoms with Crippen molar-refractivity contribution in [3.05, 3.63) is 99.1 Å². The Labute approximate surface area is 400 Å². The maximum absolute atomic E-state index is 15.3. The summed E-state index contributed by atoms with van der Waals surface area (Å²) in [4.78, 5) is 68.8. The molecule has 2 amide bonds. The number of amides is 2. The highest BCUT2D eigenvalue weighted by Crippen LogP contribution is 2.53. The Kier molecular flexibility index (Phi) is 14.1.